The van der Waals surface area contributed by atoms with Crippen LogP contribution >= 0.6 is 11.8 Å². The lowest BCUT2D eigenvalue weighted by atomic mass is 10.2. The van der Waals surface area contributed by atoms with Gasteiger partial charge in [0.15, 0.2) is 0 Å². The van der Waals surface area contributed by atoms with Gasteiger partial charge in [-0.05, 0) is 31.6 Å². The molecule has 0 bridgehead atoms. The van der Waals surface area contributed by atoms with Crippen LogP contribution in [0.3, 0.4) is 0 Å². The van der Waals surface area contributed by atoms with Crippen LogP contribution in [0.1, 0.15) is 49.4 Å². The number of hydrogen-bond acceptors (Lipinski definition) is 4. The smallest absolute Gasteiger partial charge is 0.251 e. The Morgan fingerprint density at radius 2 is 2.44 bits per heavy atom. The van der Waals surface area contributed by atoms with Gasteiger partial charge in [0.25, 0.3) is 5.56 Å². The minimum absolute atomic E-state index is 0.0283. The molecule has 1 aromatic heterocycles. The van der Waals surface area contributed by atoms with E-state index in [2.05, 4.69) is 22.2 Å². The number of hydrogen-bond donors (Lipinski definition) is 2. The van der Waals surface area contributed by atoms with Crippen molar-refractivity contribution in [2.45, 2.75) is 44.4 Å². The molecule has 18 heavy (non-hydrogen) atoms. The van der Waals surface area contributed by atoms with Crippen molar-refractivity contribution >= 4 is 11.8 Å². The molecule has 5 heteroatoms. The fourth-order valence-corrected chi connectivity index (χ4v) is 3.38. The van der Waals surface area contributed by atoms with Crippen molar-refractivity contribution in [1.82, 2.24) is 15.3 Å². The molecular weight excluding hydrogens is 246 g/mol. The van der Waals surface area contributed by atoms with Crippen LogP contribution in [-0.2, 0) is 6.54 Å². The van der Waals surface area contributed by atoms with Crippen LogP contribution < -0.4 is 10.9 Å². The van der Waals surface area contributed by atoms with Gasteiger partial charge in [-0.25, -0.2) is 4.98 Å². The summed E-state index contributed by atoms with van der Waals surface area (Å²) < 4.78 is 0. The van der Waals surface area contributed by atoms with Crippen molar-refractivity contribution in [2.75, 3.05) is 12.3 Å². The molecule has 2 N–H and O–H groups in total. The first kappa shape index (κ1) is 13.6. The van der Waals surface area contributed by atoms with E-state index >= 15 is 0 Å². The Bertz CT molecular complexity index is 426. The van der Waals surface area contributed by atoms with Crippen LogP contribution in [0.2, 0.25) is 0 Å². The van der Waals surface area contributed by atoms with Gasteiger partial charge in [-0.3, -0.25) is 4.79 Å². The summed E-state index contributed by atoms with van der Waals surface area (Å²) in [7, 11) is 0. The van der Waals surface area contributed by atoms with Gasteiger partial charge >= 0.3 is 0 Å². The third kappa shape index (κ3) is 3.85. The van der Waals surface area contributed by atoms with E-state index in [1.807, 2.05) is 11.8 Å². The number of rotatable bonds is 5. The molecule has 0 aliphatic carbocycles. The van der Waals surface area contributed by atoms with Gasteiger partial charge in [-0.2, -0.15) is 11.8 Å². The minimum atomic E-state index is -0.0283. The average Bonchev–Trinajstić information content (AvgIpc) is 2.39. The average molecular weight is 267 g/mol. The number of aromatic nitrogens is 2. The standard InChI is InChI=1S/C13H21N3OS/c1-2-6-14-9-10-8-12(17)16-13(15-10)11-5-3-4-7-18-11/h8,11,14H,2-7,9H2,1H3,(H,15,16,17). The molecular formula is C13H21N3OS. The molecule has 0 amide bonds. The van der Waals surface area contributed by atoms with Crippen LogP contribution in [0, 0.1) is 0 Å². The summed E-state index contributed by atoms with van der Waals surface area (Å²) in [6.45, 7) is 3.77. The number of thioether (sulfide) groups is 1. The van der Waals surface area contributed by atoms with Crippen LogP contribution in [0.15, 0.2) is 10.9 Å². The topological polar surface area (TPSA) is 57.8 Å². The Labute approximate surface area is 112 Å². The fraction of sp³-hybridized carbons (Fsp3) is 0.692. The molecule has 2 heterocycles. The lowest BCUT2D eigenvalue weighted by Crippen LogP contribution is -2.20. The van der Waals surface area contributed by atoms with E-state index < -0.39 is 0 Å². The summed E-state index contributed by atoms with van der Waals surface area (Å²) in [6.07, 6.45) is 4.73. The highest BCUT2D eigenvalue weighted by Gasteiger charge is 2.18. The van der Waals surface area contributed by atoms with Gasteiger partial charge in [0.1, 0.15) is 5.82 Å². The second-order valence-electron chi connectivity index (χ2n) is 4.65. The summed E-state index contributed by atoms with van der Waals surface area (Å²) in [5, 5.41) is 3.66. The first-order valence-electron chi connectivity index (χ1n) is 6.72. The van der Waals surface area contributed by atoms with Crippen LogP contribution in [0.5, 0.6) is 0 Å². The monoisotopic (exact) mass is 267 g/mol. The quantitative estimate of drug-likeness (QED) is 0.803. The number of H-pyrrole nitrogens is 1. The molecule has 0 radical (unpaired) electrons. The lowest BCUT2D eigenvalue weighted by Gasteiger charge is -2.20. The van der Waals surface area contributed by atoms with Gasteiger partial charge in [0.2, 0.25) is 0 Å². The summed E-state index contributed by atoms with van der Waals surface area (Å²) >= 11 is 1.91. The Morgan fingerprint density at radius 3 is 3.17 bits per heavy atom. The van der Waals surface area contributed by atoms with Crippen molar-refractivity contribution in [3.05, 3.63) is 27.9 Å². The zero-order valence-corrected chi connectivity index (χ0v) is 11.7. The predicted molar refractivity (Wildman–Crippen MR) is 75.9 cm³/mol. The van der Waals surface area contributed by atoms with E-state index in [4.69, 9.17) is 0 Å². The Hall–Kier alpha value is -0.810. The molecule has 100 valence electrons. The highest BCUT2D eigenvalue weighted by atomic mass is 32.2. The maximum atomic E-state index is 11.7. The van der Waals surface area contributed by atoms with Crippen LogP contribution in [0.25, 0.3) is 0 Å². The molecule has 1 aliphatic rings. The highest BCUT2D eigenvalue weighted by molar-refractivity contribution is 7.99. The van der Waals surface area contributed by atoms with Crippen molar-refractivity contribution in [3.8, 4) is 0 Å². The summed E-state index contributed by atoms with van der Waals surface area (Å²) in [6, 6.07) is 1.60. The lowest BCUT2D eigenvalue weighted by molar-refractivity contribution is 0.635. The first-order valence-corrected chi connectivity index (χ1v) is 7.77. The van der Waals surface area contributed by atoms with E-state index in [1.165, 1.54) is 18.6 Å². The molecule has 1 aliphatic heterocycles. The zero-order chi connectivity index (χ0) is 12.8. The molecule has 1 saturated heterocycles. The van der Waals surface area contributed by atoms with E-state index in [0.717, 1.165) is 30.9 Å². The number of nitrogens with zero attached hydrogens (tertiary/aromatic N) is 1. The van der Waals surface area contributed by atoms with E-state index in [1.54, 1.807) is 6.07 Å². The second kappa shape index (κ2) is 6.95. The molecule has 0 aromatic carbocycles. The predicted octanol–water partition coefficient (Wildman–Crippen LogP) is 2.23. The molecule has 0 saturated carbocycles. The third-order valence-electron chi connectivity index (χ3n) is 3.03. The number of nitrogens with one attached hydrogen (secondary N) is 2. The maximum Gasteiger partial charge on any atom is 0.251 e. The molecule has 2 rings (SSSR count). The molecule has 4 nitrogen and oxygen atoms in total. The van der Waals surface area contributed by atoms with E-state index in [9.17, 15) is 4.79 Å². The minimum Gasteiger partial charge on any atom is -0.311 e. The van der Waals surface area contributed by atoms with Gasteiger partial charge in [0.05, 0.1) is 10.9 Å². The van der Waals surface area contributed by atoms with Crippen molar-refractivity contribution in [1.29, 1.82) is 0 Å². The first-order chi connectivity index (χ1) is 8.79. The normalized spacial score (nSPS) is 19.9. The SMILES string of the molecule is CCCNCc1cc(=O)[nH]c(C2CCCCS2)n1. The second-order valence-corrected chi connectivity index (χ2v) is 5.96. The molecule has 0 spiro atoms. The van der Waals surface area contributed by atoms with Gasteiger partial charge < -0.3 is 10.3 Å². The van der Waals surface area contributed by atoms with Crippen LogP contribution in [0.4, 0.5) is 0 Å². The van der Waals surface area contributed by atoms with Crippen LogP contribution in [-0.4, -0.2) is 22.3 Å². The van der Waals surface area contributed by atoms with Crippen molar-refractivity contribution in [3.63, 3.8) is 0 Å². The fourth-order valence-electron chi connectivity index (χ4n) is 2.12. The molecule has 1 atom stereocenters. The Balaban J connectivity index is 2.07. The van der Waals surface area contributed by atoms with E-state index in [0.29, 0.717) is 11.8 Å². The summed E-state index contributed by atoms with van der Waals surface area (Å²) in [5.74, 6) is 2.03. The summed E-state index contributed by atoms with van der Waals surface area (Å²) in [5.41, 5.74) is 0.827. The number of aromatic amines is 1. The largest absolute Gasteiger partial charge is 0.311 e. The van der Waals surface area contributed by atoms with Gasteiger partial charge in [-0.15, -0.1) is 0 Å². The van der Waals surface area contributed by atoms with Gasteiger partial charge in [0, 0.05) is 12.6 Å². The zero-order valence-electron chi connectivity index (χ0n) is 10.9. The van der Waals surface area contributed by atoms with Crippen molar-refractivity contribution in [2.24, 2.45) is 0 Å². The van der Waals surface area contributed by atoms with E-state index in [-0.39, 0.29) is 5.56 Å². The maximum absolute atomic E-state index is 11.7. The Morgan fingerprint density at radius 1 is 1.56 bits per heavy atom. The molecule has 1 fully saturated rings. The highest BCUT2D eigenvalue weighted by Crippen LogP contribution is 2.36. The molecule has 1 aromatic rings. The third-order valence-corrected chi connectivity index (χ3v) is 4.42. The molecule has 1 unspecified atom stereocenters. The Kier molecular flexibility index (Phi) is 5.26. The van der Waals surface area contributed by atoms with Crippen molar-refractivity contribution < 1.29 is 0 Å². The summed E-state index contributed by atoms with van der Waals surface area (Å²) in [4.78, 5) is 19.1. The van der Waals surface area contributed by atoms with Gasteiger partial charge in [-0.1, -0.05) is 13.3 Å².